The Hall–Kier alpha value is -1.49. The zero-order chi connectivity index (χ0) is 13.1. The maximum Gasteiger partial charge on any atom is 0.141 e. The van der Waals surface area contributed by atoms with E-state index in [9.17, 15) is 4.39 Å². The van der Waals surface area contributed by atoms with E-state index in [4.69, 9.17) is 17.4 Å². The second-order valence-electron chi connectivity index (χ2n) is 4.04. The molecule has 0 aliphatic rings. The molecule has 2 rings (SSSR count). The number of hydrogen-bond donors (Lipinski definition) is 2. The largest absolute Gasteiger partial charge is 0.271 e. The molecule has 94 valence electrons. The van der Waals surface area contributed by atoms with Crippen LogP contribution in [0, 0.1) is 12.7 Å². The van der Waals surface area contributed by atoms with Gasteiger partial charge in [0.2, 0.25) is 0 Å². The summed E-state index contributed by atoms with van der Waals surface area (Å²) in [5.41, 5.74) is 5.26. The summed E-state index contributed by atoms with van der Waals surface area (Å²) in [6.07, 6.45) is 2.74. The number of aromatic nitrogens is 1. The van der Waals surface area contributed by atoms with Gasteiger partial charge < -0.3 is 0 Å². The Morgan fingerprint density at radius 1 is 1.33 bits per heavy atom. The van der Waals surface area contributed by atoms with E-state index in [0.717, 1.165) is 17.3 Å². The summed E-state index contributed by atoms with van der Waals surface area (Å²) in [6.45, 7) is 1.93. The topological polar surface area (TPSA) is 50.9 Å². The molecule has 0 spiro atoms. The van der Waals surface area contributed by atoms with Crippen molar-refractivity contribution in [3.8, 4) is 0 Å². The van der Waals surface area contributed by atoms with Gasteiger partial charge in [0.05, 0.1) is 12.2 Å². The van der Waals surface area contributed by atoms with Crippen molar-refractivity contribution in [2.75, 3.05) is 0 Å². The zero-order valence-corrected chi connectivity index (χ0v) is 10.6. The Bertz CT molecular complexity index is 560. The van der Waals surface area contributed by atoms with Gasteiger partial charge >= 0.3 is 0 Å². The first kappa shape index (κ1) is 13.0. The molecule has 1 unspecified atom stereocenters. The monoisotopic (exact) mass is 265 g/mol. The molecule has 0 aliphatic heterocycles. The Balaban J connectivity index is 2.45. The molecule has 1 atom stereocenters. The number of nitrogens with one attached hydrogen (secondary N) is 1. The molecule has 1 aromatic carbocycles. The molecule has 0 saturated carbocycles. The van der Waals surface area contributed by atoms with Gasteiger partial charge in [0.25, 0.3) is 0 Å². The Kier molecular flexibility index (Phi) is 3.91. The first-order valence-electron chi connectivity index (χ1n) is 5.44. The summed E-state index contributed by atoms with van der Waals surface area (Å²) in [4.78, 5) is 3.83. The number of nitrogens with zero attached hydrogens (tertiary/aromatic N) is 1. The summed E-state index contributed by atoms with van der Waals surface area (Å²) in [5.74, 6) is 5.17. The van der Waals surface area contributed by atoms with Crippen LogP contribution in [0.2, 0.25) is 5.02 Å². The van der Waals surface area contributed by atoms with Crippen molar-refractivity contribution in [3.63, 3.8) is 0 Å². The quantitative estimate of drug-likeness (QED) is 0.663. The van der Waals surface area contributed by atoms with Crippen molar-refractivity contribution in [2.24, 2.45) is 5.84 Å². The third-order valence-corrected chi connectivity index (χ3v) is 3.00. The number of pyridine rings is 1. The molecule has 0 radical (unpaired) electrons. The zero-order valence-electron chi connectivity index (χ0n) is 9.82. The van der Waals surface area contributed by atoms with Crippen LogP contribution in [0.4, 0.5) is 4.39 Å². The maximum atomic E-state index is 13.2. The number of nitrogens with two attached hydrogens (primary N) is 1. The summed E-state index contributed by atoms with van der Waals surface area (Å²) in [5, 5.41) is 0.657. The number of hydrogen-bond acceptors (Lipinski definition) is 3. The van der Waals surface area contributed by atoms with Crippen molar-refractivity contribution in [2.45, 2.75) is 13.0 Å². The highest BCUT2D eigenvalue weighted by Gasteiger charge is 2.15. The Morgan fingerprint density at radius 2 is 2.11 bits per heavy atom. The average molecular weight is 266 g/mol. The van der Waals surface area contributed by atoms with Crippen molar-refractivity contribution in [3.05, 3.63) is 64.2 Å². The number of rotatable bonds is 3. The molecule has 0 bridgehead atoms. The lowest BCUT2D eigenvalue weighted by Gasteiger charge is -2.18. The summed E-state index contributed by atoms with van der Waals surface area (Å²) in [7, 11) is 0. The van der Waals surface area contributed by atoms with Crippen LogP contribution in [0.1, 0.15) is 22.7 Å². The van der Waals surface area contributed by atoms with Gasteiger partial charge in [-0.1, -0.05) is 17.7 Å². The van der Waals surface area contributed by atoms with E-state index in [2.05, 4.69) is 10.4 Å². The smallest absolute Gasteiger partial charge is 0.141 e. The van der Waals surface area contributed by atoms with Crippen molar-refractivity contribution < 1.29 is 4.39 Å². The van der Waals surface area contributed by atoms with Gasteiger partial charge in [-0.05, 0) is 41.8 Å². The first-order chi connectivity index (χ1) is 8.61. The lowest BCUT2D eigenvalue weighted by molar-refractivity contribution is 0.596. The number of aryl methyl sites for hydroxylation is 1. The van der Waals surface area contributed by atoms with Gasteiger partial charge in [0.1, 0.15) is 5.82 Å². The van der Waals surface area contributed by atoms with E-state index in [0.29, 0.717) is 10.6 Å². The highest BCUT2D eigenvalue weighted by atomic mass is 35.5. The van der Waals surface area contributed by atoms with Crippen molar-refractivity contribution in [1.29, 1.82) is 0 Å². The second-order valence-corrected chi connectivity index (χ2v) is 4.47. The van der Waals surface area contributed by atoms with Crippen LogP contribution in [-0.2, 0) is 0 Å². The summed E-state index contributed by atoms with van der Waals surface area (Å²) >= 11 is 5.91. The molecule has 0 amide bonds. The van der Waals surface area contributed by atoms with Crippen molar-refractivity contribution in [1.82, 2.24) is 10.4 Å². The van der Waals surface area contributed by atoms with Gasteiger partial charge in [-0.25, -0.2) is 9.82 Å². The van der Waals surface area contributed by atoms with E-state index in [1.807, 2.05) is 19.1 Å². The molecule has 18 heavy (non-hydrogen) atoms. The van der Waals surface area contributed by atoms with Crippen LogP contribution in [0.3, 0.4) is 0 Å². The van der Waals surface area contributed by atoms with E-state index in [1.54, 1.807) is 12.3 Å². The van der Waals surface area contributed by atoms with Crippen LogP contribution in [0.5, 0.6) is 0 Å². The molecule has 1 heterocycles. The fraction of sp³-hybridized carbons (Fsp3) is 0.154. The van der Waals surface area contributed by atoms with Crippen LogP contribution in [0.15, 0.2) is 36.7 Å². The lowest BCUT2D eigenvalue weighted by atomic mass is 9.96. The third-order valence-electron chi connectivity index (χ3n) is 2.77. The lowest BCUT2D eigenvalue weighted by Crippen LogP contribution is -2.29. The molecule has 1 aromatic heterocycles. The minimum atomic E-state index is -0.389. The molecule has 0 fully saturated rings. The van der Waals surface area contributed by atoms with Crippen LogP contribution in [0.25, 0.3) is 0 Å². The normalized spacial score (nSPS) is 12.4. The second kappa shape index (κ2) is 5.44. The predicted octanol–water partition coefficient (Wildman–Crippen LogP) is 2.74. The van der Waals surface area contributed by atoms with Gasteiger partial charge in [-0.15, -0.1) is 0 Å². The fourth-order valence-electron chi connectivity index (χ4n) is 1.91. The number of benzene rings is 1. The summed E-state index contributed by atoms with van der Waals surface area (Å²) < 4.78 is 13.2. The van der Waals surface area contributed by atoms with E-state index < -0.39 is 0 Å². The minimum Gasteiger partial charge on any atom is -0.271 e. The highest BCUT2D eigenvalue weighted by molar-refractivity contribution is 6.30. The van der Waals surface area contributed by atoms with Gasteiger partial charge in [-0.2, -0.15) is 0 Å². The molecule has 5 heteroatoms. The number of halogens is 2. The highest BCUT2D eigenvalue weighted by Crippen LogP contribution is 2.26. The Labute approximate surface area is 110 Å². The molecular weight excluding hydrogens is 253 g/mol. The molecular formula is C13H13ClFN3. The predicted molar refractivity (Wildman–Crippen MR) is 69.6 cm³/mol. The van der Waals surface area contributed by atoms with E-state index >= 15 is 0 Å². The molecule has 2 aromatic rings. The van der Waals surface area contributed by atoms with Crippen LogP contribution < -0.4 is 11.3 Å². The number of hydrazine groups is 1. The van der Waals surface area contributed by atoms with Crippen molar-refractivity contribution >= 4 is 11.6 Å². The van der Waals surface area contributed by atoms with E-state index in [-0.39, 0.29) is 11.9 Å². The van der Waals surface area contributed by atoms with Gasteiger partial charge in [-0.3, -0.25) is 10.8 Å². The molecule has 3 nitrogen and oxygen atoms in total. The Morgan fingerprint density at radius 3 is 2.72 bits per heavy atom. The van der Waals surface area contributed by atoms with Gasteiger partial charge in [0.15, 0.2) is 0 Å². The third kappa shape index (κ3) is 2.67. The first-order valence-corrected chi connectivity index (χ1v) is 5.82. The SMILES string of the molecule is Cc1cc(Cl)ccc1C(NN)c1cncc(F)c1. The molecule has 0 aliphatic carbocycles. The molecule has 0 saturated heterocycles. The van der Waals surface area contributed by atoms with Crippen LogP contribution >= 0.6 is 11.6 Å². The standard InChI is InChI=1S/C13H13ClFN3/c1-8-4-10(14)2-3-12(8)13(18-16)9-5-11(15)7-17-6-9/h2-7,13,18H,16H2,1H3. The minimum absolute atomic E-state index is 0.314. The summed E-state index contributed by atoms with van der Waals surface area (Å²) in [6, 6.07) is 6.58. The van der Waals surface area contributed by atoms with E-state index in [1.165, 1.54) is 6.07 Å². The maximum absolute atomic E-state index is 13.2. The average Bonchev–Trinajstić information content (AvgIpc) is 2.33. The van der Waals surface area contributed by atoms with Gasteiger partial charge in [0, 0.05) is 11.2 Å². The molecule has 3 N–H and O–H groups in total. The van der Waals surface area contributed by atoms with Crippen LogP contribution in [-0.4, -0.2) is 4.98 Å². The fourth-order valence-corrected chi connectivity index (χ4v) is 2.14.